The maximum absolute atomic E-state index is 13.0. The number of carbonyl (C=O) groups is 1. The van der Waals surface area contributed by atoms with E-state index in [1.807, 2.05) is 24.4 Å². The number of rotatable bonds is 3. The maximum atomic E-state index is 13.0. The van der Waals surface area contributed by atoms with Crippen molar-refractivity contribution in [3.63, 3.8) is 0 Å². The lowest BCUT2D eigenvalue weighted by atomic mass is 9.97. The van der Waals surface area contributed by atoms with Crippen LogP contribution in [0.1, 0.15) is 12.0 Å². The van der Waals surface area contributed by atoms with Gasteiger partial charge in [-0.3, -0.25) is 9.89 Å². The van der Waals surface area contributed by atoms with Crippen LogP contribution in [0.2, 0.25) is 0 Å². The Morgan fingerprint density at radius 2 is 2.19 bits per heavy atom. The van der Waals surface area contributed by atoms with Crippen molar-refractivity contribution < 1.29 is 9.18 Å². The summed E-state index contributed by atoms with van der Waals surface area (Å²) in [5.74, 6) is -0.797. The number of nitrogens with one attached hydrogen (secondary N) is 2. The Hall–Kier alpha value is -2.80. The quantitative estimate of drug-likeness (QED) is 0.563. The van der Waals surface area contributed by atoms with Crippen molar-refractivity contribution in [2.75, 3.05) is 5.32 Å². The smallest absolute Gasteiger partial charge is 0.232 e. The number of thiazole rings is 1. The highest BCUT2D eigenvalue weighted by Crippen LogP contribution is 2.37. The van der Waals surface area contributed by atoms with E-state index in [1.165, 1.54) is 16.9 Å². The fraction of sp³-hybridized carbons (Fsp3) is 0.211. The van der Waals surface area contributed by atoms with Gasteiger partial charge in [-0.1, -0.05) is 23.5 Å². The predicted octanol–water partition coefficient (Wildman–Crippen LogP) is 4.44. The number of hydrogen-bond donors (Lipinski definition) is 2. The minimum Gasteiger partial charge on any atom is -0.302 e. The molecule has 0 spiro atoms. The molecule has 0 aliphatic heterocycles. The number of aromatic amines is 1. The van der Waals surface area contributed by atoms with Gasteiger partial charge in [-0.25, -0.2) is 9.37 Å². The largest absolute Gasteiger partial charge is 0.302 e. The van der Waals surface area contributed by atoms with Crippen LogP contribution in [0.15, 0.2) is 36.5 Å². The van der Waals surface area contributed by atoms with Gasteiger partial charge in [-0.2, -0.15) is 5.10 Å². The summed E-state index contributed by atoms with van der Waals surface area (Å²) in [5.41, 5.74) is 5.19. The van der Waals surface area contributed by atoms with Crippen LogP contribution in [0.25, 0.3) is 32.2 Å². The zero-order chi connectivity index (χ0) is 17.8. The van der Waals surface area contributed by atoms with Crippen molar-refractivity contribution in [2.24, 2.45) is 5.92 Å². The lowest BCUT2D eigenvalue weighted by Crippen LogP contribution is -2.14. The van der Waals surface area contributed by atoms with Crippen molar-refractivity contribution in [3.05, 3.63) is 42.1 Å². The number of amides is 1. The average Bonchev–Trinajstić information content (AvgIpc) is 3.02. The third-order valence-corrected chi connectivity index (χ3v) is 5.72. The van der Waals surface area contributed by atoms with Crippen LogP contribution in [-0.4, -0.2) is 27.3 Å². The van der Waals surface area contributed by atoms with E-state index >= 15 is 0 Å². The first kappa shape index (κ1) is 15.5. The molecule has 2 heterocycles. The fourth-order valence-electron chi connectivity index (χ4n) is 3.28. The first-order valence-corrected chi connectivity index (χ1v) is 9.20. The Balaban J connectivity index is 1.54. The molecule has 0 bridgehead atoms. The van der Waals surface area contributed by atoms with Crippen molar-refractivity contribution in [1.82, 2.24) is 15.2 Å². The van der Waals surface area contributed by atoms with Gasteiger partial charge in [-0.05, 0) is 48.2 Å². The number of fused-ring (bicyclic) bond motifs is 2. The Labute approximate surface area is 152 Å². The van der Waals surface area contributed by atoms with E-state index in [9.17, 15) is 9.18 Å². The second kappa shape index (κ2) is 5.60. The van der Waals surface area contributed by atoms with Crippen LogP contribution < -0.4 is 5.32 Å². The average molecular weight is 366 g/mol. The molecule has 2 aromatic carbocycles. The predicted molar refractivity (Wildman–Crippen MR) is 101 cm³/mol. The molecule has 0 radical (unpaired) electrons. The highest BCUT2D eigenvalue weighted by Gasteiger charge is 2.43. The molecule has 7 heteroatoms. The Morgan fingerprint density at radius 1 is 1.35 bits per heavy atom. The third-order valence-electron chi connectivity index (χ3n) is 4.79. The normalized spacial score (nSPS) is 19.2. The van der Waals surface area contributed by atoms with Gasteiger partial charge in [0.15, 0.2) is 5.13 Å². The number of H-pyrrole nitrogens is 1. The lowest BCUT2D eigenvalue weighted by molar-refractivity contribution is -0.117. The van der Waals surface area contributed by atoms with E-state index in [0.29, 0.717) is 11.6 Å². The summed E-state index contributed by atoms with van der Waals surface area (Å²) in [5, 5.41) is 11.5. The Bertz CT molecular complexity index is 1160. The Kier molecular flexibility index (Phi) is 3.33. The summed E-state index contributed by atoms with van der Waals surface area (Å²) in [6.45, 7) is 2.08. The van der Waals surface area contributed by atoms with E-state index in [4.69, 9.17) is 0 Å². The summed E-state index contributed by atoms with van der Waals surface area (Å²) in [4.78, 5) is 16.4. The van der Waals surface area contributed by atoms with E-state index in [0.717, 1.165) is 32.2 Å². The summed E-state index contributed by atoms with van der Waals surface area (Å²) in [7, 11) is 0. The number of carbonyl (C=O) groups excluding carboxylic acids is 1. The highest BCUT2D eigenvalue weighted by atomic mass is 32.1. The van der Waals surface area contributed by atoms with Gasteiger partial charge in [0.1, 0.15) is 6.17 Å². The van der Waals surface area contributed by atoms with Crippen molar-refractivity contribution in [2.45, 2.75) is 19.5 Å². The molecule has 1 amide bonds. The molecule has 130 valence electrons. The standard InChI is InChI=1S/C19H15FN4OS/c1-9-2-4-14-12(8-21-24-14)17(9)10-3-5-15-16(6-10)26-19(22-15)23-18(25)11-7-13(11)20/h2-6,8,11,13H,7H2,1H3,(H,21,24)(H,22,23,25)/t11-,13+/m1/s1. The minimum atomic E-state index is -1.01. The molecule has 1 saturated carbocycles. The molecular formula is C19H15FN4OS. The summed E-state index contributed by atoms with van der Waals surface area (Å²) >= 11 is 1.41. The highest BCUT2D eigenvalue weighted by molar-refractivity contribution is 7.22. The molecule has 1 aliphatic rings. The van der Waals surface area contributed by atoms with Crippen LogP contribution in [0, 0.1) is 12.8 Å². The maximum Gasteiger partial charge on any atom is 0.232 e. The van der Waals surface area contributed by atoms with Gasteiger partial charge in [0, 0.05) is 5.39 Å². The number of anilines is 1. The zero-order valence-electron chi connectivity index (χ0n) is 13.9. The zero-order valence-corrected chi connectivity index (χ0v) is 14.7. The molecule has 2 aromatic heterocycles. The van der Waals surface area contributed by atoms with Crippen LogP contribution in [0.4, 0.5) is 9.52 Å². The number of nitrogens with zero attached hydrogens (tertiary/aromatic N) is 2. The second-order valence-corrected chi connectivity index (χ2v) is 7.67. The number of hydrogen-bond acceptors (Lipinski definition) is 4. The molecular weight excluding hydrogens is 351 g/mol. The molecule has 5 rings (SSSR count). The number of halogens is 1. The molecule has 4 aromatic rings. The van der Waals surface area contributed by atoms with E-state index in [2.05, 4.69) is 39.6 Å². The van der Waals surface area contributed by atoms with Crippen LogP contribution in [0.3, 0.4) is 0 Å². The number of aryl methyl sites for hydroxylation is 1. The van der Waals surface area contributed by atoms with Gasteiger partial charge in [0.25, 0.3) is 0 Å². The van der Waals surface area contributed by atoms with E-state index in [1.54, 1.807) is 0 Å². The molecule has 1 aliphatic carbocycles. The van der Waals surface area contributed by atoms with Gasteiger partial charge >= 0.3 is 0 Å². The second-order valence-electron chi connectivity index (χ2n) is 6.64. The number of benzene rings is 2. The Morgan fingerprint density at radius 3 is 3.00 bits per heavy atom. The van der Waals surface area contributed by atoms with Gasteiger partial charge in [0.05, 0.1) is 27.8 Å². The summed E-state index contributed by atoms with van der Waals surface area (Å²) in [6.07, 6.45) is 1.15. The first-order valence-electron chi connectivity index (χ1n) is 8.39. The molecule has 5 nitrogen and oxygen atoms in total. The molecule has 0 saturated heterocycles. The van der Waals surface area contributed by atoms with Crippen LogP contribution >= 0.6 is 11.3 Å². The van der Waals surface area contributed by atoms with E-state index < -0.39 is 12.1 Å². The van der Waals surface area contributed by atoms with Crippen molar-refractivity contribution in [1.29, 1.82) is 0 Å². The first-order chi connectivity index (χ1) is 12.6. The lowest BCUT2D eigenvalue weighted by Gasteiger charge is -2.07. The third kappa shape index (κ3) is 2.47. The minimum absolute atomic E-state index is 0.282. The number of aromatic nitrogens is 3. The van der Waals surface area contributed by atoms with Gasteiger partial charge in [0.2, 0.25) is 5.91 Å². The summed E-state index contributed by atoms with van der Waals surface area (Å²) < 4.78 is 14.0. The summed E-state index contributed by atoms with van der Waals surface area (Å²) in [6, 6.07) is 10.1. The molecule has 2 atom stereocenters. The SMILES string of the molecule is Cc1ccc2[nH]ncc2c1-c1ccc2nc(NC(=O)[C@@H]3C[C@@H]3F)sc2c1. The van der Waals surface area contributed by atoms with Crippen molar-refractivity contribution >= 4 is 43.5 Å². The fourth-order valence-corrected chi connectivity index (χ4v) is 4.18. The van der Waals surface area contributed by atoms with Crippen LogP contribution in [0.5, 0.6) is 0 Å². The molecule has 26 heavy (non-hydrogen) atoms. The van der Waals surface area contributed by atoms with Crippen molar-refractivity contribution in [3.8, 4) is 11.1 Å². The van der Waals surface area contributed by atoms with Gasteiger partial charge < -0.3 is 5.32 Å². The van der Waals surface area contributed by atoms with E-state index in [-0.39, 0.29) is 5.91 Å². The monoisotopic (exact) mass is 366 g/mol. The molecule has 1 fully saturated rings. The number of alkyl halides is 1. The van der Waals surface area contributed by atoms with Crippen LogP contribution in [-0.2, 0) is 4.79 Å². The molecule has 2 N–H and O–H groups in total. The van der Waals surface area contributed by atoms with Gasteiger partial charge in [-0.15, -0.1) is 0 Å². The topological polar surface area (TPSA) is 70.7 Å². The molecule has 0 unspecified atom stereocenters.